The smallest absolute Gasteiger partial charge is 0.255 e. The maximum absolute atomic E-state index is 12.5. The maximum Gasteiger partial charge on any atom is 0.255 e. The van der Waals surface area contributed by atoms with Gasteiger partial charge in [0.25, 0.3) is 5.56 Å². The van der Waals surface area contributed by atoms with Crippen molar-refractivity contribution < 1.29 is 4.74 Å². The lowest BCUT2D eigenvalue weighted by atomic mass is 10.1. The largest absolute Gasteiger partial charge is 0.370 e. The van der Waals surface area contributed by atoms with Crippen LogP contribution >= 0.6 is 23.2 Å². The molecule has 1 atom stereocenters. The van der Waals surface area contributed by atoms with Gasteiger partial charge in [0.1, 0.15) is 6.10 Å². The fraction of sp³-hybridized carbons (Fsp3) is 0.250. The first-order valence-electron chi connectivity index (χ1n) is 8.83. The predicted octanol–water partition coefficient (Wildman–Crippen LogP) is 3.73. The van der Waals surface area contributed by atoms with E-state index in [0.717, 1.165) is 11.1 Å². The standard InChI is InChI=1S/C20H18Cl2N4O2/c1-25-19(27)11-17(13-4-6-23-7-5-13)24-20(25)26-8-9-28-18(12-26)14-2-3-15(21)16(22)10-14/h2-7,10-11,18H,8-9,12H2,1H3. The summed E-state index contributed by atoms with van der Waals surface area (Å²) in [6.07, 6.45) is 3.18. The quantitative estimate of drug-likeness (QED) is 0.650. The molecule has 8 heteroatoms. The van der Waals surface area contributed by atoms with Gasteiger partial charge in [0.15, 0.2) is 0 Å². The molecule has 0 bridgehead atoms. The van der Waals surface area contributed by atoms with E-state index in [9.17, 15) is 4.79 Å². The van der Waals surface area contributed by atoms with Gasteiger partial charge in [-0.05, 0) is 29.8 Å². The van der Waals surface area contributed by atoms with E-state index in [1.54, 1.807) is 30.1 Å². The number of aromatic nitrogens is 3. The van der Waals surface area contributed by atoms with E-state index in [4.69, 9.17) is 32.9 Å². The Morgan fingerprint density at radius 1 is 1.11 bits per heavy atom. The van der Waals surface area contributed by atoms with Crippen LogP contribution in [-0.2, 0) is 11.8 Å². The van der Waals surface area contributed by atoms with E-state index < -0.39 is 0 Å². The summed E-state index contributed by atoms with van der Waals surface area (Å²) < 4.78 is 7.49. The Kier molecular flexibility index (Phi) is 5.35. The molecule has 1 unspecified atom stereocenters. The van der Waals surface area contributed by atoms with Crippen LogP contribution in [0.15, 0.2) is 53.6 Å². The van der Waals surface area contributed by atoms with E-state index in [2.05, 4.69) is 9.88 Å². The van der Waals surface area contributed by atoms with Crippen LogP contribution in [0.5, 0.6) is 0 Å². The molecule has 3 heterocycles. The van der Waals surface area contributed by atoms with Crippen LogP contribution in [0.3, 0.4) is 0 Å². The van der Waals surface area contributed by atoms with Crippen LogP contribution in [0.1, 0.15) is 11.7 Å². The molecule has 0 amide bonds. The van der Waals surface area contributed by atoms with Crippen LogP contribution in [0, 0.1) is 0 Å². The Morgan fingerprint density at radius 2 is 1.89 bits per heavy atom. The minimum atomic E-state index is -0.190. The zero-order valence-electron chi connectivity index (χ0n) is 15.2. The Morgan fingerprint density at radius 3 is 2.64 bits per heavy atom. The number of ether oxygens (including phenoxy) is 1. The molecule has 0 radical (unpaired) electrons. The number of rotatable bonds is 3. The summed E-state index contributed by atoms with van der Waals surface area (Å²) in [5.41, 5.74) is 2.30. The van der Waals surface area contributed by atoms with E-state index in [1.165, 1.54) is 6.07 Å². The molecule has 1 aromatic carbocycles. The van der Waals surface area contributed by atoms with E-state index in [0.29, 0.717) is 41.4 Å². The van der Waals surface area contributed by atoms with Crippen molar-refractivity contribution in [1.29, 1.82) is 0 Å². The number of nitrogens with zero attached hydrogens (tertiary/aromatic N) is 4. The lowest BCUT2D eigenvalue weighted by Gasteiger charge is -2.34. The van der Waals surface area contributed by atoms with Crippen LogP contribution in [0.25, 0.3) is 11.3 Å². The molecule has 0 aliphatic carbocycles. The lowest BCUT2D eigenvalue weighted by Crippen LogP contribution is -2.41. The van der Waals surface area contributed by atoms with Gasteiger partial charge < -0.3 is 9.64 Å². The average molecular weight is 417 g/mol. The third kappa shape index (κ3) is 3.76. The van der Waals surface area contributed by atoms with Gasteiger partial charge in [-0.2, -0.15) is 0 Å². The maximum atomic E-state index is 12.5. The van der Waals surface area contributed by atoms with Crippen molar-refractivity contribution in [3.63, 3.8) is 0 Å². The minimum absolute atomic E-state index is 0.116. The van der Waals surface area contributed by atoms with Crippen LogP contribution in [-0.4, -0.2) is 34.2 Å². The van der Waals surface area contributed by atoms with Gasteiger partial charge in [-0.25, -0.2) is 4.98 Å². The number of hydrogen-bond acceptors (Lipinski definition) is 5. The fourth-order valence-corrected chi connectivity index (χ4v) is 3.53. The van der Waals surface area contributed by atoms with Crippen molar-refractivity contribution >= 4 is 29.2 Å². The molecule has 144 valence electrons. The van der Waals surface area contributed by atoms with Gasteiger partial charge in [-0.15, -0.1) is 0 Å². The first kappa shape index (κ1) is 18.9. The Balaban J connectivity index is 1.67. The van der Waals surface area contributed by atoms with Crippen molar-refractivity contribution in [3.8, 4) is 11.3 Å². The molecule has 3 aromatic rings. The highest BCUT2D eigenvalue weighted by molar-refractivity contribution is 6.42. The van der Waals surface area contributed by atoms with Crippen molar-refractivity contribution in [2.24, 2.45) is 7.05 Å². The van der Waals surface area contributed by atoms with Gasteiger partial charge in [-0.3, -0.25) is 14.3 Å². The number of pyridine rings is 1. The lowest BCUT2D eigenvalue weighted by molar-refractivity contribution is 0.0390. The second-order valence-electron chi connectivity index (χ2n) is 6.55. The van der Waals surface area contributed by atoms with E-state index >= 15 is 0 Å². The molecule has 1 saturated heterocycles. The third-order valence-electron chi connectivity index (χ3n) is 4.75. The number of morpholine rings is 1. The first-order chi connectivity index (χ1) is 13.5. The van der Waals surface area contributed by atoms with Crippen LogP contribution in [0.2, 0.25) is 10.0 Å². The van der Waals surface area contributed by atoms with Crippen molar-refractivity contribution in [2.45, 2.75) is 6.10 Å². The second-order valence-corrected chi connectivity index (χ2v) is 7.37. The van der Waals surface area contributed by atoms with Gasteiger partial charge >= 0.3 is 0 Å². The molecule has 0 saturated carbocycles. The highest BCUT2D eigenvalue weighted by atomic mass is 35.5. The van der Waals surface area contributed by atoms with Gasteiger partial charge in [0.05, 0.1) is 28.9 Å². The normalized spacial score (nSPS) is 17.0. The monoisotopic (exact) mass is 416 g/mol. The van der Waals surface area contributed by atoms with Gasteiger partial charge in [-0.1, -0.05) is 29.3 Å². The minimum Gasteiger partial charge on any atom is -0.370 e. The topological polar surface area (TPSA) is 60.2 Å². The average Bonchev–Trinajstić information content (AvgIpc) is 2.72. The molecule has 2 aromatic heterocycles. The highest BCUT2D eigenvalue weighted by Gasteiger charge is 2.25. The second kappa shape index (κ2) is 7.91. The summed E-state index contributed by atoms with van der Waals surface area (Å²) in [4.78, 5) is 23.4. The number of hydrogen-bond donors (Lipinski definition) is 0. The van der Waals surface area contributed by atoms with Crippen molar-refractivity contribution in [1.82, 2.24) is 14.5 Å². The van der Waals surface area contributed by atoms with E-state index in [1.807, 2.05) is 24.3 Å². The molecule has 0 N–H and O–H groups in total. The fourth-order valence-electron chi connectivity index (χ4n) is 3.23. The summed E-state index contributed by atoms with van der Waals surface area (Å²) >= 11 is 12.2. The number of benzene rings is 1. The third-order valence-corrected chi connectivity index (χ3v) is 5.49. The molecular formula is C20H18Cl2N4O2. The zero-order chi connectivity index (χ0) is 19.7. The number of anilines is 1. The summed E-state index contributed by atoms with van der Waals surface area (Å²) in [5.74, 6) is 0.604. The van der Waals surface area contributed by atoms with Gasteiger partial charge in [0.2, 0.25) is 5.95 Å². The Hall–Kier alpha value is -2.41. The van der Waals surface area contributed by atoms with Crippen LogP contribution in [0.4, 0.5) is 5.95 Å². The van der Waals surface area contributed by atoms with Gasteiger partial charge in [0, 0.05) is 37.6 Å². The van der Waals surface area contributed by atoms with Crippen LogP contribution < -0.4 is 10.5 Å². The Labute approximate surface area is 172 Å². The predicted molar refractivity (Wildman–Crippen MR) is 110 cm³/mol. The summed E-state index contributed by atoms with van der Waals surface area (Å²) in [7, 11) is 1.73. The van der Waals surface area contributed by atoms with E-state index in [-0.39, 0.29) is 11.7 Å². The highest BCUT2D eigenvalue weighted by Crippen LogP contribution is 2.30. The first-order valence-corrected chi connectivity index (χ1v) is 9.58. The Bertz CT molecular complexity index is 1060. The van der Waals surface area contributed by atoms with Crippen molar-refractivity contribution in [3.05, 3.63) is 74.8 Å². The molecule has 28 heavy (non-hydrogen) atoms. The molecule has 4 rings (SSSR count). The summed E-state index contributed by atoms with van der Waals surface area (Å²) in [6.45, 7) is 1.70. The SMILES string of the molecule is Cn1c(N2CCOC(c3ccc(Cl)c(Cl)c3)C2)nc(-c2ccncc2)cc1=O. The molecule has 1 aliphatic heterocycles. The molecule has 1 aliphatic rings. The summed E-state index contributed by atoms with van der Waals surface area (Å²) in [5, 5.41) is 0.997. The molecular weight excluding hydrogens is 399 g/mol. The number of halogens is 2. The molecule has 1 fully saturated rings. The molecule has 6 nitrogen and oxygen atoms in total. The zero-order valence-corrected chi connectivity index (χ0v) is 16.7. The summed E-state index contributed by atoms with van der Waals surface area (Å²) in [6, 6.07) is 10.7. The van der Waals surface area contributed by atoms with Crippen molar-refractivity contribution in [2.75, 3.05) is 24.6 Å². The molecule has 0 spiro atoms.